The van der Waals surface area contributed by atoms with Gasteiger partial charge in [-0.05, 0) is 13.3 Å². The number of hydrogen-bond acceptors (Lipinski definition) is 6. The van der Waals surface area contributed by atoms with Gasteiger partial charge in [0.25, 0.3) is 15.9 Å². The lowest BCUT2D eigenvalue weighted by Crippen LogP contribution is -2.37. The third-order valence-electron chi connectivity index (χ3n) is 5.18. The van der Waals surface area contributed by atoms with E-state index < -0.39 is 10.0 Å². The van der Waals surface area contributed by atoms with Crippen LogP contribution >= 0.6 is 11.3 Å². The molecule has 0 N–H and O–H groups in total. The molecule has 8 nitrogen and oxygen atoms in total. The Bertz CT molecular complexity index is 1130. The summed E-state index contributed by atoms with van der Waals surface area (Å²) in [6.07, 6.45) is 2.09. The van der Waals surface area contributed by atoms with Crippen LogP contribution in [0, 0.1) is 6.92 Å². The molecule has 0 aliphatic carbocycles. The second kappa shape index (κ2) is 8.29. The largest absolute Gasteiger partial charge is 0.337 e. The fourth-order valence-corrected chi connectivity index (χ4v) is 5.66. The van der Waals surface area contributed by atoms with Crippen LogP contribution in [0.1, 0.15) is 22.7 Å². The van der Waals surface area contributed by atoms with E-state index in [0.29, 0.717) is 37.6 Å². The number of amides is 1. The molecule has 1 aliphatic rings. The molecular formula is C20H23N5O3S2. The van der Waals surface area contributed by atoms with Crippen molar-refractivity contribution in [3.8, 4) is 10.6 Å². The zero-order valence-electron chi connectivity index (χ0n) is 16.9. The summed E-state index contributed by atoms with van der Waals surface area (Å²) in [6, 6.07) is 9.73. The molecule has 10 heteroatoms. The Morgan fingerprint density at radius 3 is 2.53 bits per heavy atom. The summed E-state index contributed by atoms with van der Waals surface area (Å²) >= 11 is 1.43. The SMILES string of the molecule is Cc1nc(S(=O)(=O)N2CCCN(C(=O)c3csc(-c4ccccc4)n3)CC2)cn1C. The maximum Gasteiger partial charge on any atom is 0.273 e. The van der Waals surface area contributed by atoms with Crippen LogP contribution in [0.15, 0.2) is 46.9 Å². The fourth-order valence-electron chi connectivity index (χ4n) is 3.37. The van der Waals surface area contributed by atoms with E-state index in [-0.39, 0.29) is 17.5 Å². The van der Waals surface area contributed by atoms with Gasteiger partial charge in [-0.2, -0.15) is 4.31 Å². The van der Waals surface area contributed by atoms with E-state index in [9.17, 15) is 13.2 Å². The minimum absolute atomic E-state index is 0.0503. The first kappa shape index (κ1) is 20.7. The van der Waals surface area contributed by atoms with E-state index >= 15 is 0 Å². The van der Waals surface area contributed by atoms with Gasteiger partial charge in [-0.1, -0.05) is 30.3 Å². The van der Waals surface area contributed by atoms with Crippen LogP contribution in [0.5, 0.6) is 0 Å². The first-order valence-electron chi connectivity index (χ1n) is 9.66. The number of benzene rings is 1. The molecule has 0 unspecified atom stereocenters. The Balaban J connectivity index is 1.47. The van der Waals surface area contributed by atoms with Crippen LogP contribution in [-0.2, 0) is 17.1 Å². The number of thiazole rings is 1. The van der Waals surface area contributed by atoms with Crippen molar-refractivity contribution in [1.29, 1.82) is 0 Å². The average molecular weight is 446 g/mol. The summed E-state index contributed by atoms with van der Waals surface area (Å²) < 4.78 is 29.0. The van der Waals surface area contributed by atoms with Crippen LogP contribution in [0.2, 0.25) is 0 Å². The van der Waals surface area contributed by atoms with E-state index in [4.69, 9.17) is 0 Å². The number of nitrogens with zero attached hydrogens (tertiary/aromatic N) is 5. The minimum atomic E-state index is -3.68. The zero-order chi connectivity index (χ0) is 21.3. The fraction of sp³-hybridized carbons (Fsp3) is 0.350. The number of carbonyl (C=O) groups excluding carboxylic acids is 1. The van der Waals surface area contributed by atoms with Crippen molar-refractivity contribution in [3.63, 3.8) is 0 Å². The van der Waals surface area contributed by atoms with Crippen molar-refractivity contribution in [2.75, 3.05) is 26.2 Å². The lowest BCUT2D eigenvalue weighted by Gasteiger charge is -2.20. The van der Waals surface area contributed by atoms with Crippen LogP contribution in [0.25, 0.3) is 10.6 Å². The maximum absolute atomic E-state index is 13.0. The molecule has 0 radical (unpaired) electrons. The van der Waals surface area contributed by atoms with Crippen LogP contribution in [0.3, 0.4) is 0 Å². The Morgan fingerprint density at radius 1 is 1.07 bits per heavy atom. The summed E-state index contributed by atoms with van der Waals surface area (Å²) in [6.45, 7) is 3.17. The van der Waals surface area contributed by atoms with Crippen molar-refractivity contribution >= 4 is 27.3 Å². The number of rotatable bonds is 4. The predicted molar refractivity (Wildman–Crippen MR) is 115 cm³/mol. The zero-order valence-corrected chi connectivity index (χ0v) is 18.5. The molecule has 30 heavy (non-hydrogen) atoms. The van der Waals surface area contributed by atoms with Gasteiger partial charge in [-0.15, -0.1) is 11.3 Å². The van der Waals surface area contributed by atoms with Gasteiger partial charge < -0.3 is 9.47 Å². The smallest absolute Gasteiger partial charge is 0.273 e. The van der Waals surface area contributed by atoms with E-state index in [2.05, 4.69) is 9.97 Å². The van der Waals surface area contributed by atoms with Crippen molar-refractivity contribution in [3.05, 3.63) is 53.4 Å². The predicted octanol–water partition coefficient (Wildman–Crippen LogP) is 2.39. The highest BCUT2D eigenvalue weighted by atomic mass is 32.2. The molecule has 3 heterocycles. The van der Waals surface area contributed by atoms with Crippen LogP contribution < -0.4 is 0 Å². The van der Waals surface area contributed by atoms with E-state index in [1.54, 1.807) is 28.8 Å². The van der Waals surface area contributed by atoms with E-state index in [1.807, 2.05) is 30.3 Å². The van der Waals surface area contributed by atoms with Gasteiger partial charge in [-0.25, -0.2) is 18.4 Å². The van der Waals surface area contributed by atoms with Crippen molar-refractivity contribution in [2.24, 2.45) is 7.05 Å². The van der Waals surface area contributed by atoms with Crippen molar-refractivity contribution in [2.45, 2.75) is 18.4 Å². The molecule has 4 rings (SSSR count). The topological polar surface area (TPSA) is 88.4 Å². The first-order chi connectivity index (χ1) is 14.4. The molecule has 1 saturated heterocycles. The number of aromatic nitrogens is 3. The van der Waals surface area contributed by atoms with Crippen molar-refractivity contribution in [1.82, 2.24) is 23.7 Å². The Kier molecular flexibility index (Phi) is 5.72. The van der Waals surface area contributed by atoms with Gasteiger partial charge in [0.2, 0.25) is 0 Å². The molecule has 2 aromatic heterocycles. The molecule has 3 aromatic rings. The molecule has 0 saturated carbocycles. The van der Waals surface area contributed by atoms with Crippen molar-refractivity contribution < 1.29 is 13.2 Å². The summed E-state index contributed by atoms with van der Waals surface area (Å²) in [7, 11) is -1.92. The third kappa shape index (κ3) is 4.03. The molecule has 1 fully saturated rings. The quantitative estimate of drug-likeness (QED) is 0.615. The van der Waals surface area contributed by atoms with Gasteiger partial charge in [-0.3, -0.25) is 4.79 Å². The molecule has 0 bridgehead atoms. The number of carbonyl (C=O) groups is 1. The number of aryl methyl sites for hydroxylation is 2. The van der Waals surface area contributed by atoms with Crippen LogP contribution in [-0.4, -0.2) is 64.2 Å². The van der Waals surface area contributed by atoms with Gasteiger partial charge in [0.15, 0.2) is 5.03 Å². The first-order valence-corrected chi connectivity index (χ1v) is 12.0. The van der Waals surface area contributed by atoms with Gasteiger partial charge in [0, 0.05) is 50.4 Å². The molecule has 158 valence electrons. The highest BCUT2D eigenvalue weighted by Crippen LogP contribution is 2.24. The average Bonchev–Trinajstić information content (AvgIpc) is 3.27. The highest BCUT2D eigenvalue weighted by molar-refractivity contribution is 7.89. The minimum Gasteiger partial charge on any atom is -0.337 e. The van der Waals surface area contributed by atoms with Gasteiger partial charge >= 0.3 is 0 Å². The molecule has 0 atom stereocenters. The summed E-state index contributed by atoms with van der Waals surface area (Å²) in [5.74, 6) is 0.472. The lowest BCUT2D eigenvalue weighted by atomic mass is 10.2. The summed E-state index contributed by atoms with van der Waals surface area (Å²) in [4.78, 5) is 23.3. The van der Waals surface area contributed by atoms with Gasteiger partial charge in [0.05, 0.1) is 0 Å². The molecule has 1 amide bonds. The molecule has 1 aromatic carbocycles. The Labute approximate surface area is 179 Å². The lowest BCUT2D eigenvalue weighted by molar-refractivity contribution is 0.0759. The third-order valence-corrected chi connectivity index (χ3v) is 7.84. The monoisotopic (exact) mass is 445 g/mol. The Hall–Kier alpha value is -2.56. The number of hydrogen-bond donors (Lipinski definition) is 0. The number of sulfonamides is 1. The summed E-state index contributed by atoms with van der Waals surface area (Å²) in [5, 5.41) is 2.61. The van der Waals surface area contributed by atoms with Gasteiger partial charge in [0.1, 0.15) is 16.5 Å². The second-order valence-electron chi connectivity index (χ2n) is 7.19. The normalized spacial score (nSPS) is 15.9. The molecule has 1 aliphatic heterocycles. The number of imidazole rings is 1. The standard InChI is InChI=1S/C20H23N5O3S2/c1-15-21-18(13-23(15)2)30(27,28)25-10-6-9-24(11-12-25)20(26)17-14-29-19(22-17)16-7-4-3-5-8-16/h3-5,7-8,13-14H,6,9-12H2,1-2H3. The molecule has 0 spiro atoms. The van der Waals surface area contributed by atoms with Crippen LogP contribution in [0.4, 0.5) is 0 Å². The Morgan fingerprint density at radius 2 is 1.83 bits per heavy atom. The van der Waals surface area contributed by atoms with E-state index in [0.717, 1.165) is 10.6 Å². The maximum atomic E-state index is 13.0. The molecular weight excluding hydrogens is 422 g/mol. The highest BCUT2D eigenvalue weighted by Gasteiger charge is 2.31. The van der Waals surface area contributed by atoms with E-state index in [1.165, 1.54) is 21.8 Å². The second-order valence-corrected chi connectivity index (χ2v) is 9.93. The summed E-state index contributed by atoms with van der Waals surface area (Å²) in [5.41, 5.74) is 1.37.